The molecule has 2 aliphatic heterocycles. The fourth-order valence-corrected chi connectivity index (χ4v) is 5.74. The molecule has 1 fully saturated rings. The van der Waals surface area contributed by atoms with Gasteiger partial charge in [0, 0.05) is 4.75 Å². The molecule has 0 amide bonds. The molecule has 1 unspecified atom stereocenters. The minimum absolute atomic E-state index is 0. The number of rotatable bonds is 1. The Morgan fingerprint density at radius 1 is 1.04 bits per heavy atom. The molecule has 4 rings (SSSR count). The van der Waals surface area contributed by atoms with Crippen LogP contribution in [0, 0.1) is 6.92 Å². The van der Waals surface area contributed by atoms with E-state index >= 15 is 0 Å². The number of likely N-dealkylation sites (tertiary alicyclic amines) is 1. The Hall–Kier alpha value is -0.770. The van der Waals surface area contributed by atoms with Gasteiger partial charge < -0.3 is 4.90 Å². The summed E-state index contributed by atoms with van der Waals surface area (Å²) in [6.45, 7) is 4.62. The highest BCUT2D eigenvalue weighted by Gasteiger charge is 2.45. The van der Waals surface area contributed by atoms with Gasteiger partial charge in [-0.1, -0.05) is 54.1 Å². The largest absolute Gasteiger partial charge is 0.306 e. The molecule has 0 N–H and O–H groups in total. The smallest absolute Gasteiger partial charge is 0.0558 e. The molecule has 0 saturated carbocycles. The fraction of sp³-hybridized carbons (Fsp3) is 0.400. The summed E-state index contributed by atoms with van der Waals surface area (Å²) >= 11 is 2.20. The minimum Gasteiger partial charge on any atom is -0.306 e. The van der Waals surface area contributed by atoms with Gasteiger partial charge in [0.15, 0.2) is 0 Å². The van der Waals surface area contributed by atoms with E-state index in [4.69, 9.17) is 0 Å². The molecule has 1 saturated heterocycles. The molecule has 2 aromatic rings. The Balaban J connectivity index is 0.00000156. The molecule has 3 heteroatoms. The lowest BCUT2D eigenvalue weighted by Gasteiger charge is -2.38. The molecule has 2 aromatic carbocycles. The Kier molecular flexibility index (Phi) is 4.91. The number of nitrogens with zero attached hydrogens (tertiary/aromatic N) is 1. The van der Waals surface area contributed by atoms with Crippen LogP contribution < -0.4 is 0 Å². The van der Waals surface area contributed by atoms with Crippen LogP contribution in [-0.4, -0.2) is 25.0 Å². The van der Waals surface area contributed by atoms with E-state index < -0.39 is 0 Å². The summed E-state index contributed by atoms with van der Waals surface area (Å²) in [5, 5.41) is 0.500. The standard InChI is InChI=1S/C20H23NS.BrH/c1-15-6-5-7-16(14-15)19-17-8-3-4-9-18(17)20(22-19)10-12-21(2)13-11-20;/h3-9,14,19H,10-13H2,1-2H3;1H. The van der Waals surface area contributed by atoms with Gasteiger partial charge in [0.2, 0.25) is 0 Å². The molecule has 1 atom stereocenters. The van der Waals surface area contributed by atoms with Crippen LogP contribution >= 0.6 is 28.7 Å². The molecule has 0 bridgehead atoms. The normalized spacial score (nSPS) is 22.6. The first-order chi connectivity index (χ1) is 10.7. The van der Waals surface area contributed by atoms with Crippen molar-refractivity contribution < 1.29 is 0 Å². The molecule has 0 aliphatic carbocycles. The molecule has 0 aromatic heterocycles. The maximum atomic E-state index is 2.47. The van der Waals surface area contributed by atoms with Crippen molar-refractivity contribution in [1.29, 1.82) is 0 Å². The number of piperidine rings is 1. The average molecular weight is 390 g/mol. The van der Waals surface area contributed by atoms with Crippen LogP contribution in [0.3, 0.4) is 0 Å². The molecular formula is C20H24BrNS. The highest BCUT2D eigenvalue weighted by Crippen LogP contribution is 2.61. The Morgan fingerprint density at radius 3 is 2.52 bits per heavy atom. The molecule has 1 nitrogen and oxygen atoms in total. The summed E-state index contributed by atoms with van der Waals surface area (Å²) < 4.78 is 0.331. The summed E-state index contributed by atoms with van der Waals surface area (Å²) in [7, 11) is 2.25. The van der Waals surface area contributed by atoms with Crippen LogP contribution in [-0.2, 0) is 4.75 Å². The van der Waals surface area contributed by atoms with Crippen molar-refractivity contribution in [2.45, 2.75) is 29.8 Å². The first-order valence-electron chi connectivity index (χ1n) is 8.20. The Morgan fingerprint density at radius 2 is 1.78 bits per heavy atom. The molecule has 0 radical (unpaired) electrons. The van der Waals surface area contributed by atoms with Gasteiger partial charge in [-0.2, -0.15) is 0 Å². The van der Waals surface area contributed by atoms with E-state index in [0.29, 0.717) is 10.00 Å². The molecule has 23 heavy (non-hydrogen) atoms. The summed E-state index contributed by atoms with van der Waals surface area (Å²) in [5.41, 5.74) is 5.97. The van der Waals surface area contributed by atoms with Crippen molar-refractivity contribution >= 4 is 28.7 Å². The number of halogens is 1. The number of hydrogen-bond donors (Lipinski definition) is 0. The van der Waals surface area contributed by atoms with Crippen LogP contribution in [0.25, 0.3) is 0 Å². The lowest BCUT2D eigenvalue weighted by Crippen LogP contribution is -2.37. The third-order valence-corrected chi connectivity index (χ3v) is 7.06. The van der Waals surface area contributed by atoms with Crippen molar-refractivity contribution in [3.8, 4) is 0 Å². The van der Waals surface area contributed by atoms with Gasteiger partial charge >= 0.3 is 0 Å². The second-order valence-electron chi connectivity index (χ2n) is 6.80. The van der Waals surface area contributed by atoms with E-state index in [9.17, 15) is 0 Å². The summed E-state index contributed by atoms with van der Waals surface area (Å²) in [5.74, 6) is 0. The van der Waals surface area contributed by atoms with E-state index in [1.165, 1.54) is 37.1 Å². The van der Waals surface area contributed by atoms with Crippen molar-refractivity contribution in [2.24, 2.45) is 0 Å². The van der Waals surface area contributed by atoms with Crippen molar-refractivity contribution in [2.75, 3.05) is 20.1 Å². The van der Waals surface area contributed by atoms with Gasteiger partial charge in [-0.15, -0.1) is 28.7 Å². The molecule has 122 valence electrons. The fourth-order valence-electron chi connectivity index (χ4n) is 3.94. The van der Waals surface area contributed by atoms with Gasteiger partial charge in [0.25, 0.3) is 0 Å². The summed E-state index contributed by atoms with van der Waals surface area (Å²) in [6.07, 6.45) is 2.54. The first-order valence-corrected chi connectivity index (χ1v) is 9.08. The van der Waals surface area contributed by atoms with Crippen LogP contribution in [0.4, 0.5) is 0 Å². The van der Waals surface area contributed by atoms with Crippen LogP contribution in [0.1, 0.15) is 40.3 Å². The zero-order valence-corrected chi connectivity index (χ0v) is 16.3. The zero-order valence-electron chi connectivity index (χ0n) is 13.8. The average Bonchev–Trinajstić information content (AvgIpc) is 2.86. The minimum atomic E-state index is 0. The highest BCUT2D eigenvalue weighted by atomic mass is 79.9. The second kappa shape index (κ2) is 6.62. The third kappa shape index (κ3) is 2.99. The van der Waals surface area contributed by atoms with Gasteiger partial charge in [-0.3, -0.25) is 0 Å². The monoisotopic (exact) mass is 389 g/mol. The predicted octanol–water partition coefficient (Wildman–Crippen LogP) is 5.33. The zero-order chi connectivity index (χ0) is 15.2. The van der Waals surface area contributed by atoms with Crippen LogP contribution in [0.2, 0.25) is 0 Å². The summed E-state index contributed by atoms with van der Waals surface area (Å²) in [4.78, 5) is 2.47. The lowest BCUT2D eigenvalue weighted by molar-refractivity contribution is 0.241. The molecule has 1 spiro atoms. The van der Waals surface area contributed by atoms with Crippen molar-refractivity contribution in [3.05, 3.63) is 70.8 Å². The maximum absolute atomic E-state index is 2.47. The van der Waals surface area contributed by atoms with Gasteiger partial charge in [-0.05, 0) is 56.6 Å². The van der Waals surface area contributed by atoms with E-state index in [1.807, 2.05) is 0 Å². The molecular weight excluding hydrogens is 366 g/mol. The third-order valence-electron chi connectivity index (χ3n) is 5.22. The van der Waals surface area contributed by atoms with Crippen molar-refractivity contribution in [1.82, 2.24) is 4.90 Å². The van der Waals surface area contributed by atoms with Gasteiger partial charge in [-0.25, -0.2) is 0 Å². The van der Waals surface area contributed by atoms with E-state index in [0.717, 1.165) is 0 Å². The van der Waals surface area contributed by atoms with Crippen LogP contribution in [0.5, 0.6) is 0 Å². The van der Waals surface area contributed by atoms with Crippen LogP contribution in [0.15, 0.2) is 48.5 Å². The second-order valence-corrected chi connectivity index (χ2v) is 8.29. The Bertz CT molecular complexity index is 692. The highest BCUT2D eigenvalue weighted by molar-refractivity contribution is 8.93. The number of aryl methyl sites for hydroxylation is 1. The van der Waals surface area contributed by atoms with E-state index in [-0.39, 0.29) is 17.0 Å². The van der Waals surface area contributed by atoms with E-state index in [1.54, 1.807) is 11.1 Å². The number of fused-ring (bicyclic) bond motifs is 2. The topological polar surface area (TPSA) is 3.24 Å². The number of benzene rings is 2. The SMILES string of the molecule is Br.Cc1cccc(C2SC3(CCN(C)CC3)c3ccccc32)c1. The Labute approximate surface area is 154 Å². The number of hydrogen-bond acceptors (Lipinski definition) is 2. The van der Waals surface area contributed by atoms with Crippen molar-refractivity contribution in [3.63, 3.8) is 0 Å². The number of thioether (sulfide) groups is 1. The predicted molar refractivity (Wildman–Crippen MR) is 106 cm³/mol. The van der Waals surface area contributed by atoms with E-state index in [2.05, 4.69) is 79.2 Å². The first kappa shape index (κ1) is 17.1. The van der Waals surface area contributed by atoms with Gasteiger partial charge in [0.1, 0.15) is 0 Å². The quantitative estimate of drug-likeness (QED) is 0.648. The molecule has 2 heterocycles. The molecule has 2 aliphatic rings. The summed E-state index contributed by atoms with van der Waals surface area (Å²) in [6, 6.07) is 18.2. The maximum Gasteiger partial charge on any atom is 0.0558 e. The lowest BCUT2D eigenvalue weighted by atomic mass is 9.84. The van der Waals surface area contributed by atoms with Gasteiger partial charge in [0.05, 0.1) is 5.25 Å².